The first-order chi connectivity index (χ1) is 13.7. The van der Waals surface area contributed by atoms with Crippen molar-refractivity contribution in [2.45, 2.75) is 0 Å². The zero-order chi connectivity index (χ0) is 19.5. The molecule has 1 N–H and O–H groups in total. The Morgan fingerprint density at radius 1 is 0.643 bits per heavy atom. The van der Waals surface area contributed by atoms with Crippen LogP contribution in [0.5, 0.6) is 11.5 Å². The maximum atomic E-state index is 11.1. The summed E-state index contributed by atoms with van der Waals surface area (Å²) in [6.45, 7) is 0. The molecule has 28 heavy (non-hydrogen) atoms. The molecule has 0 aromatic heterocycles. The van der Waals surface area contributed by atoms with Crippen LogP contribution in [0, 0.1) is 0 Å². The molecule has 0 radical (unpaired) electrons. The maximum Gasteiger partial charge on any atom is 0.131 e. The van der Waals surface area contributed by atoms with Crippen molar-refractivity contribution in [2.24, 2.45) is 0 Å². The lowest BCUT2D eigenvalue weighted by Crippen LogP contribution is -1.89. The van der Waals surface area contributed by atoms with Gasteiger partial charge < -0.3 is 9.84 Å². The number of hydrogen-bond acceptors (Lipinski definition) is 2. The predicted molar refractivity (Wildman–Crippen MR) is 116 cm³/mol. The maximum absolute atomic E-state index is 11.1. The molecule has 4 rings (SSSR count). The van der Waals surface area contributed by atoms with Crippen LogP contribution in [0.15, 0.2) is 91.0 Å². The number of halogens is 1. The summed E-state index contributed by atoms with van der Waals surface area (Å²) in [4.78, 5) is 0. The van der Waals surface area contributed by atoms with Gasteiger partial charge >= 0.3 is 0 Å². The van der Waals surface area contributed by atoms with E-state index in [2.05, 4.69) is 12.1 Å². The Bertz CT molecular complexity index is 1090. The van der Waals surface area contributed by atoms with E-state index in [1.807, 2.05) is 78.9 Å². The van der Waals surface area contributed by atoms with Gasteiger partial charge in [-0.3, -0.25) is 0 Å². The largest absolute Gasteiger partial charge is 0.507 e. The van der Waals surface area contributed by atoms with Crippen LogP contribution in [0.25, 0.3) is 33.4 Å². The summed E-state index contributed by atoms with van der Waals surface area (Å²) in [5.41, 5.74) is 5.50. The predicted octanol–water partition coefficient (Wildman–Crippen LogP) is 7.06. The molecule has 0 aliphatic rings. The van der Waals surface area contributed by atoms with Crippen molar-refractivity contribution < 1.29 is 9.84 Å². The Labute approximate surface area is 169 Å². The average Bonchev–Trinajstić information content (AvgIpc) is 2.75. The van der Waals surface area contributed by atoms with Gasteiger partial charge in [-0.05, 0) is 58.7 Å². The van der Waals surface area contributed by atoms with E-state index in [0.29, 0.717) is 5.02 Å². The third-order valence-electron chi connectivity index (χ3n) is 4.77. The molecule has 0 saturated heterocycles. The van der Waals surface area contributed by atoms with Crippen molar-refractivity contribution in [3.63, 3.8) is 0 Å². The first kappa shape index (κ1) is 18.1. The number of phenols is 1. The minimum atomic E-state index is 0.243. The van der Waals surface area contributed by atoms with Crippen molar-refractivity contribution in [1.29, 1.82) is 0 Å². The molecule has 0 unspecified atom stereocenters. The van der Waals surface area contributed by atoms with Crippen molar-refractivity contribution >= 4 is 11.6 Å². The fourth-order valence-corrected chi connectivity index (χ4v) is 3.40. The van der Waals surface area contributed by atoms with Crippen LogP contribution in [0.3, 0.4) is 0 Å². The molecular weight excluding hydrogens is 368 g/mol. The minimum absolute atomic E-state index is 0.243. The van der Waals surface area contributed by atoms with E-state index in [1.165, 1.54) is 0 Å². The molecule has 3 heteroatoms. The lowest BCUT2D eigenvalue weighted by atomic mass is 9.92. The Balaban J connectivity index is 1.93. The van der Waals surface area contributed by atoms with Crippen LogP contribution < -0.4 is 4.74 Å². The molecule has 0 aliphatic carbocycles. The van der Waals surface area contributed by atoms with Crippen LogP contribution in [-0.2, 0) is 0 Å². The van der Waals surface area contributed by atoms with Crippen LogP contribution in [0.2, 0.25) is 5.02 Å². The quantitative estimate of drug-likeness (QED) is 0.407. The monoisotopic (exact) mass is 386 g/mol. The van der Waals surface area contributed by atoms with Crippen molar-refractivity contribution in [3.8, 4) is 44.9 Å². The number of hydrogen-bond donors (Lipinski definition) is 1. The van der Waals surface area contributed by atoms with Gasteiger partial charge in [-0.1, -0.05) is 66.2 Å². The third-order valence-corrected chi connectivity index (χ3v) is 5.03. The highest BCUT2D eigenvalue weighted by Gasteiger charge is 2.14. The molecule has 4 aromatic rings. The van der Waals surface area contributed by atoms with E-state index in [1.54, 1.807) is 7.11 Å². The second-order valence-electron chi connectivity index (χ2n) is 6.52. The Morgan fingerprint density at radius 2 is 1.18 bits per heavy atom. The molecule has 138 valence electrons. The van der Waals surface area contributed by atoms with Gasteiger partial charge in [-0.15, -0.1) is 0 Å². The summed E-state index contributed by atoms with van der Waals surface area (Å²) >= 11 is 6.05. The number of phenolic OH excluding ortho intramolecular Hbond substituents is 1. The van der Waals surface area contributed by atoms with E-state index >= 15 is 0 Å². The topological polar surface area (TPSA) is 29.5 Å². The van der Waals surface area contributed by atoms with Gasteiger partial charge in [-0.2, -0.15) is 0 Å². The van der Waals surface area contributed by atoms with E-state index in [4.69, 9.17) is 16.3 Å². The van der Waals surface area contributed by atoms with Gasteiger partial charge in [0.15, 0.2) is 0 Å². The molecule has 0 bridgehead atoms. The summed E-state index contributed by atoms with van der Waals surface area (Å²) in [7, 11) is 1.64. The Morgan fingerprint density at radius 3 is 1.71 bits per heavy atom. The Hall–Kier alpha value is -3.23. The highest BCUT2D eigenvalue weighted by atomic mass is 35.5. The van der Waals surface area contributed by atoms with E-state index in [-0.39, 0.29) is 5.75 Å². The molecular formula is C25H19ClO2. The zero-order valence-corrected chi connectivity index (χ0v) is 16.1. The van der Waals surface area contributed by atoms with Gasteiger partial charge in [0.05, 0.1) is 7.11 Å². The second kappa shape index (κ2) is 7.79. The summed E-state index contributed by atoms with van der Waals surface area (Å²) in [6, 6.07) is 29.4. The first-order valence-electron chi connectivity index (χ1n) is 8.98. The van der Waals surface area contributed by atoms with E-state index in [0.717, 1.165) is 39.1 Å². The summed E-state index contributed by atoms with van der Waals surface area (Å²) in [6.07, 6.45) is 0. The number of methoxy groups -OCH3 is 1. The van der Waals surface area contributed by atoms with Gasteiger partial charge in [0.25, 0.3) is 0 Å². The smallest absolute Gasteiger partial charge is 0.131 e. The fraction of sp³-hybridized carbons (Fsp3) is 0.0400. The van der Waals surface area contributed by atoms with Crippen molar-refractivity contribution in [2.75, 3.05) is 7.11 Å². The molecule has 0 heterocycles. The summed E-state index contributed by atoms with van der Waals surface area (Å²) in [5.74, 6) is 1.02. The van der Waals surface area contributed by atoms with Gasteiger partial charge in [0.2, 0.25) is 0 Å². The number of benzene rings is 4. The molecule has 2 nitrogen and oxygen atoms in total. The number of rotatable bonds is 4. The lowest BCUT2D eigenvalue weighted by Gasteiger charge is -2.15. The molecule has 0 amide bonds. The normalized spacial score (nSPS) is 10.6. The number of aromatic hydroxyl groups is 1. The minimum Gasteiger partial charge on any atom is -0.507 e. The van der Waals surface area contributed by atoms with E-state index in [9.17, 15) is 5.11 Å². The van der Waals surface area contributed by atoms with Gasteiger partial charge in [-0.25, -0.2) is 0 Å². The summed E-state index contributed by atoms with van der Waals surface area (Å²) < 4.78 is 5.26. The second-order valence-corrected chi connectivity index (χ2v) is 6.96. The summed E-state index contributed by atoms with van der Waals surface area (Å²) in [5, 5.41) is 11.8. The molecule has 0 fully saturated rings. The molecule has 0 atom stereocenters. The molecule has 0 saturated carbocycles. The Kier molecular flexibility index (Phi) is 5.05. The van der Waals surface area contributed by atoms with Gasteiger partial charge in [0.1, 0.15) is 11.5 Å². The molecule has 0 spiro atoms. The van der Waals surface area contributed by atoms with E-state index < -0.39 is 0 Å². The fourth-order valence-electron chi connectivity index (χ4n) is 3.27. The third kappa shape index (κ3) is 3.60. The standard InChI is InChI=1S/C25H19ClO2/c1-28-22-13-9-19(10-14-22)24-16-20(17-5-3-2-4-6-17)15-23(25(24)27)18-7-11-21(26)12-8-18/h2-16,27H,1H3. The SMILES string of the molecule is COc1ccc(-c2cc(-c3ccccc3)cc(-c3ccc(Cl)cc3)c2O)cc1. The van der Waals surface area contributed by atoms with Gasteiger partial charge in [0, 0.05) is 16.1 Å². The van der Waals surface area contributed by atoms with Crippen LogP contribution in [0.4, 0.5) is 0 Å². The van der Waals surface area contributed by atoms with Crippen LogP contribution >= 0.6 is 11.6 Å². The first-order valence-corrected chi connectivity index (χ1v) is 9.36. The lowest BCUT2D eigenvalue weighted by molar-refractivity contribution is 0.415. The van der Waals surface area contributed by atoms with Crippen molar-refractivity contribution in [1.82, 2.24) is 0 Å². The zero-order valence-electron chi connectivity index (χ0n) is 15.4. The highest BCUT2D eigenvalue weighted by Crippen LogP contribution is 2.42. The average molecular weight is 387 g/mol. The van der Waals surface area contributed by atoms with Crippen molar-refractivity contribution in [3.05, 3.63) is 96.0 Å². The van der Waals surface area contributed by atoms with Crippen LogP contribution in [0.1, 0.15) is 0 Å². The highest BCUT2D eigenvalue weighted by molar-refractivity contribution is 6.30. The molecule has 4 aromatic carbocycles. The number of ether oxygens (including phenoxy) is 1. The van der Waals surface area contributed by atoms with Crippen LogP contribution in [-0.4, -0.2) is 12.2 Å². The molecule has 0 aliphatic heterocycles.